The highest BCUT2D eigenvalue weighted by atomic mass is 16.4. The first-order valence-electron chi connectivity index (χ1n) is 8.22. The molecule has 5 nitrogen and oxygen atoms in total. The van der Waals surface area contributed by atoms with Gasteiger partial charge in [-0.3, -0.25) is 0 Å². The first-order chi connectivity index (χ1) is 10.1. The topological polar surface area (TPSA) is 101 Å². The molecule has 126 valence electrons. The van der Waals surface area contributed by atoms with Crippen LogP contribution in [0.5, 0.6) is 0 Å². The summed E-state index contributed by atoms with van der Waals surface area (Å²) in [5.74, 6) is -3.65. The van der Waals surface area contributed by atoms with Gasteiger partial charge in [-0.1, -0.05) is 77.6 Å². The molecule has 21 heavy (non-hydrogen) atoms. The molecule has 0 aromatic rings. The highest BCUT2D eigenvalue weighted by Gasteiger charge is 2.04. The Morgan fingerprint density at radius 1 is 0.667 bits per heavy atom. The molecule has 0 amide bonds. The Kier molecular flexibility index (Phi) is 20.0. The summed E-state index contributed by atoms with van der Waals surface area (Å²) in [7, 11) is 0. The lowest BCUT2D eigenvalue weighted by molar-refractivity contribution is -0.159. The number of carboxylic acid groups (broad SMARTS) is 2. The zero-order chi connectivity index (χ0) is 16.3. The normalized spacial score (nSPS) is 9.81. The second kappa shape index (κ2) is 18.9. The number of hydrogen-bond donors (Lipinski definition) is 3. The van der Waals surface area contributed by atoms with Gasteiger partial charge in [0.1, 0.15) is 0 Å². The molecule has 0 aliphatic heterocycles. The number of carbonyl (C=O) groups is 2. The van der Waals surface area contributed by atoms with Crippen LogP contribution in [0, 0.1) is 0 Å². The minimum absolute atomic E-state index is 0.872. The Bertz CT molecular complexity index is 220. The predicted octanol–water partition coefficient (Wildman–Crippen LogP) is 3.80. The lowest BCUT2D eigenvalue weighted by Gasteiger charge is -2.01. The summed E-state index contributed by atoms with van der Waals surface area (Å²) in [6.07, 6.45) is 16.9. The number of unbranched alkanes of at least 4 members (excludes halogenated alkanes) is 11. The molecule has 0 bridgehead atoms. The van der Waals surface area contributed by atoms with Gasteiger partial charge in [0.05, 0.1) is 0 Å². The van der Waals surface area contributed by atoms with Crippen LogP contribution < -0.4 is 5.73 Å². The highest BCUT2D eigenvalue weighted by Crippen LogP contribution is 2.11. The maximum Gasteiger partial charge on any atom is 0.414 e. The van der Waals surface area contributed by atoms with Crippen LogP contribution in [-0.4, -0.2) is 28.7 Å². The van der Waals surface area contributed by atoms with Crippen molar-refractivity contribution in [1.82, 2.24) is 0 Å². The van der Waals surface area contributed by atoms with Crippen molar-refractivity contribution in [3.63, 3.8) is 0 Å². The van der Waals surface area contributed by atoms with E-state index in [0.717, 1.165) is 6.54 Å². The zero-order valence-corrected chi connectivity index (χ0v) is 13.5. The minimum Gasteiger partial charge on any atom is -0.473 e. The van der Waals surface area contributed by atoms with Gasteiger partial charge in [-0.2, -0.15) is 0 Å². The van der Waals surface area contributed by atoms with E-state index in [0.29, 0.717) is 0 Å². The molecule has 5 heteroatoms. The van der Waals surface area contributed by atoms with E-state index in [4.69, 9.17) is 25.5 Å². The second-order valence-corrected chi connectivity index (χ2v) is 5.29. The molecular formula is C16H33NO4. The van der Waals surface area contributed by atoms with Crippen LogP contribution in [0.15, 0.2) is 0 Å². The Balaban J connectivity index is 0. The molecule has 0 aromatic carbocycles. The second-order valence-electron chi connectivity index (χ2n) is 5.29. The number of nitrogens with two attached hydrogens (primary N) is 1. The average molecular weight is 303 g/mol. The first kappa shape index (κ1) is 22.2. The minimum atomic E-state index is -1.82. The van der Waals surface area contributed by atoms with Gasteiger partial charge < -0.3 is 15.9 Å². The molecule has 0 atom stereocenters. The van der Waals surface area contributed by atoms with Crippen molar-refractivity contribution in [2.24, 2.45) is 5.73 Å². The molecule has 0 fully saturated rings. The van der Waals surface area contributed by atoms with E-state index in [-0.39, 0.29) is 0 Å². The fourth-order valence-electron chi connectivity index (χ4n) is 1.99. The van der Waals surface area contributed by atoms with E-state index >= 15 is 0 Å². The van der Waals surface area contributed by atoms with Gasteiger partial charge in [-0.05, 0) is 13.0 Å². The van der Waals surface area contributed by atoms with Crippen molar-refractivity contribution in [3.8, 4) is 0 Å². The summed E-state index contributed by atoms with van der Waals surface area (Å²) >= 11 is 0. The van der Waals surface area contributed by atoms with Gasteiger partial charge in [0, 0.05) is 0 Å². The van der Waals surface area contributed by atoms with Crippen LogP contribution in [-0.2, 0) is 9.59 Å². The third-order valence-corrected chi connectivity index (χ3v) is 3.24. The molecule has 0 unspecified atom stereocenters. The van der Waals surface area contributed by atoms with E-state index in [9.17, 15) is 0 Å². The van der Waals surface area contributed by atoms with E-state index in [1.165, 1.54) is 77.0 Å². The van der Waals surface area contributed by atoms with Crippen LogP contribution in [0.2, 0.25) is 0 Å². The highest BCUT2D eigenvalue weighted by molar-refractivity contribution is 6.27. The first-order valence-corrected chi connectivity index (χ1v) is 8.22. The Hall–Kier alpha value is -1.10. The fourth-order valence-corrected chi connectivity index (χ4v) is 1.99. The molecule has 0 saturated carbocycles. The van der Waals surface area contributed by atoms with E-state index in [1.807, 2.05) is 0 Å². The van der Waals surface area contributed by atoms with Crippen molar-refractivity contribution < 1.29 is 19.8 Å². The summed E-state index contributed by atoms with van der Waals surface area (Å²) in [5.41, 5.74) is 5.45. The summed E-state index contributed by atoms with van der Waals surface area (Å²) < 4.78 is 0. The van der Waals surface area contributed by atoms with E-state index in [2.05, 4.69) is 6.92 Å². The van der Waals surface area contributed by atoms with Crippen molar-refractivity contribution in [3.05, 3.63) is 0 Å². The van der Waals surface area contributed by atoms with Crippen molar-refractivity contribution in [1.29, 1.82) is 0 Å². The van der Waals surface area contributed by atoms with E-state index in [1.54, 1.807) is 0 Å². The Morgan fingerprint density at radius 3 is 1.19 bits per heavy atom. The largest absolute Gasteiger partial charge is 0.473 e. The predicted molar refractivity (Wildman–Crippen MR) is 85.4 cm³/mol. The summed E-state index contributed by atoms with van der Waals surface area (Å²) in [5, 5.41) is 14.8. The SMILES string of the molecule is CCCCCCCCCCCCCCN.O=C(O)C(=O)O. The average Bonchev–Trinajstić information content (AvgIpc) is 2.45. The maximum atomic E-state index is 9.10. The molecule has 0 heterocycles. The number of hydrogen-bond acceptors (Lipinski definition) is 3. The summed E-state index contributed by atoms with van der Waals surface area (Å²) in [6.45, 7) is 3.15. The molecule has 4 N–H and O–H groups in total. The van der Waals surface area contributed by atoms with Gasteiger partial charge >= 0.3 is 11.9 Å². The smallest absolute Gasteiger partial charge is 0.414 e. The quantitative estimate of drug-likeness (QED) is 0.376. The fraction of sp³-hybridized carbons (Fsp3) is 0.875. The van der Waals surface area contributed by atoms with Crippen LogP contribution in [0.1, 0.15) is 84.0 Å². The number of aliphatic carboxylic acids is 2. The molecule has 0 aliphatic carbocycles. The van der Waals surface area contributed by atoms with Gasteiger partial charge in [-0.25, -0.2) is 9.59 Å². The molecule has 0 rings (SSSR count). The zero-order valence-electron chi connectivity index (χ0n) is 13.5. The van der Waals surface area contributed by atoms with Gasteiger partial charge in [0.15, 0.2) is 0 Å². The van der Waals surface area contributed by atoms with E-state index < -0.39 is 11.9 Å². The molecular weight excluding hydrogens is 270 g/mol. The van der Waals surface area contributed by atoms with Gasteiger partial charge in [0.2, 0.25) is 0 Å². The van der Waals surface area contributed by atoms with Crippen LogP contribution >= 0.6 is 0 Å². The maximum absolute atomic E-state index is 9.10. The molecule has 0 radical (unpaired) electrons. The number of carboxylic acids is 2. The third-order valence-electron chi connectivity index (χ3n) is 3.24. The summed E-state index contributed by atoms with van der Waals surface area (Å²) in [6, 6.07) is 0. The number of rotatable bonds is 12. The van der Waals surface area contributed by atoms with Gasteiger partial charge in [-0.15, -0.1) is 0 Å². The molecule has 0 aliphatic rings. The van der Waals surface area contributed by atoms with Crippen LogP contribution in [0.4, 0.5) is 0 Å². The van der Waals surface area contributed by atoms with Crippen LogP contribution in [0.25, 0.3) is 0 Å². The Labute approximate surface area is 128 Å². The monoisotopic (exact) mass is 303 g/mol. The van der Waals surface area contributed by atoms with Crippen molar-refractivity contribution in [2.45, 2.75) is 84.0 Å². The molecule has 0 saturated heterocycles. The lowest BCUT2D eigenvalue weighted by atomic mass is 10.1. The standard InChI is InChI=1S/C14H31N.C2H2O4/c1-2-3-4-5-6-7-8-9-10-11-12-13-14-15;3-1(4)2(5)6/h2-15H2,1H3;(H,3,4)(H,5,6). The molecule has 0 aromatic heterocycles. The van der Waals surface area contributed by atoms with Gasteiger partial charge in [0.25, 0.3) is 0 Å². The molecule has 0 spiro atoms. The van der Waals surface area contributed by atoms with Crippen molar-refractivity contribution in [2.75, 3.05) is 6.54 Å². The lowest BCUT2D eigenvalue weighted by Crippen LogP contribution is -2.09. The summed E-state index contributed by atoms with van der Waals surface area (Å²) in [4.78, 5) is 18.2. The Morgan fingerprint density at radius 2 is 0.952 bits per heavy atom. The van der Waals surface area contributed by atoms with Crippen LogP contribution in [0.3, 0.4) is 0 Å². The third kappa shape index (κ3) is 24.3. The van der Waals surface area contributed by atoms with Crippen molar-refractivity contribution >= 4 is 11.9 Å².